The molecule has 0 radical (unpaired) electrons. The minimum Gasteiger partial charge on any atom is -0.310 e. The van der Waals surface area contributed by atoms with Crippen molar-refractivity contribution in [3.63, 3.8) is 0 Å². The van der Waals surface area contributed by atoms with Crippen molar-refractivity contribution < 1.29 is 21.2 Å². The van der Waals surface area contributed by atoms with Crippen LogP contribution in [0, 0.1) is 11.7 Å². The summed E-state index contributed by atoms with van der Waals surface area (Å²) in [7, 11) is -7.74. The van der Waals surface area contributed by atoms with Crippen LogP contribution in [0.3, 0.4) is 0 Å². The monoisotopic (exact) mass is 509 g/mol. The molecule has 2 aliphatic rings. The lowest BCUT2D eigenvalue weighted by molar-refractivity contribution is 0.186. The summed E-state index contributed by atoms with van der Waals surface area (Å²) < 4.78 is 70.3. The lowest BCUT2D eigenvalue weighted by Gasteiger charge is -2.42. The molecule has 5 rings (SSSR count). The highest BCUT2D eigenvalue weighted by molar-refractivity contribution is 7.92. The Hall–Kier alpha value is -2.54. The van der Waals surface area contributed by atoms with E-state index >= 15 is 0 Å². The van der Waals surface area contributed by atoms with Crippen LogP contribution in [-0.4, -0.2) is 38.8 Å². The number of piperidine rings is 1. The number of thiophene rings is 1. The van der Waals surface area contributed by atoms with Gasteiger partial charge in [-0.2, -0.15) is 4.31 Å². The molecule has 3 aromatic rings. The van der Waals surface area contributed by atoms with Crippen LogP contribution in [0.2, 0.25) is 0 Å². The first-order chi connectivity index (χ1) is 15.6. The summed E-state index contributed by atoms with van der Waals surface area (Å²) in [6, 6.07) is 10.9. The van der Waals surface area contributed by atoms with Crippen LogP contribution < -0.4 is 10.3 Å². The fourth-order valence-electron chi connectivity index (χ4n) is 4.55. The number of sulfonamides is 2. The Kier molecular flexibility index (Phi) is 5.43. The molecule has 12 heteroatoms. The maximum Gasteiger partial charge on any atom is 0.275 e. The highest BCUT2D eigenvalue weighted by Gasteiger charge is 2.40. The summed E-state index contributed by atoms with van der Waals surface area (Å²) in [4.78, 5) is 12.8. The highest BCUT2D eigenvalue weighted by Crippen LogP contribution is 2.38. The Morgan fingerprint density at radius 2 is 1.82 bits per heavy atom. The molecule has 1 saturated heterocycles. The highest BCUT2D eigenvalue weighted by atomic mass is 32.2. The van der Waals surface area contributed by atoms with Crippen LogP contribution in [-0.2, 0) is 26.6 Å². The van der Waals surface area contributed by atoms with Crippen molar-refractivity contribution in [3.8, 4) is 0 Å². The molecule has 0 amide bonds. The predicted molar refractivity (Wildman–Crippen MR) is 122 cm³/mol. The molecule has 2 bridgehead atoms. The van der Waals surface area contributed by atoms with E-state index in [-0.39, 0.29) is 35.5 Å². The first-order valence-electron chi connectivity index (χ1n) is 10.2. The van der Waals surface area contributed by atoms with E-state index in [1.165, 1.54) is 38.4 Å². The third kappa shape index (κ3) is 4.01. The van der Waals surface area contributed by atoms with Crippen molar-refractivity contribution in [1.29, 1.82) is 0 Å². The number of fused-ring (bicyclic) bond motifs is 4. The lowest BCUT2D eigenvalue weighted by Crippen LogP contribution is -2.49. The summed E-state index contributed by atoms with van der Waals surface area (Å²) in [6.07, 6.45) is 0.754. The van der Waals surface area contributed by atoms with Gasteiger partial charge in [-0.3, -0.25) is 9.52 Å². The van der Waals surface area contributed by atoms with Crippen LogP contribution in [0.1, 0.15) is 18.0 Å². The van der Waals surface area contributed by atoms with Crippen LogP contribution >= 0.6 is 11.3 Å². The molecule has 2 aliphatic heterocycles. The third-order valence-electron chi connectivity index (χ3n) is 6.01. The molecule has 1 fully saturated rings. The van der Waals surface area contributed by atoms with Crippen molar-refractivity contribution >= 4 is 37.1 Å². The van der Waals surface area contributed by atoms with Gasteiger partial charge in [0.2, 0.25) is 0 Å². The van der Waals surface area contributed by atoms with Gasteiger partial charge in [-0.15, -0.1) is 11.3 Å². The molecular weight excluding hydrogens is 489 g/mol. The summed E-state index contributed by atoms with van der Waals surface area (Å²) in [6.45, 7) is 0.836. The normalized spacial score (nSPS) is 20.9. The molecule has 4 heterocycles. The molecule has 0 aliphatic carbocycles. The van der Waals surface area contributed by atoms with E-state index in [0.717, 1.165) is 18.6 Å². The fraction of sp³-hybridized carbons (Fsp3) is 0.286. The van der Waals surface area contributed by atoms with Crippen molar-refractivity contribution in [2.24, 2.45) is 5.92 Å². The zero-order valence-corrected chi connectivity index (χ0v) is 19.7. The largest absolute Gasteiger partial charge is 0.310 e. The van der Waals surface area contributed by atoms with E-state index in [2.05, 4.69) is 4.72 Å². The number of pyridine rings is 1. The number of hydrogen-bond acceptors (Lipinski definition) is 6. The number of benzene rings is 1. The van der Waals surface area contributed by atoms with E-state index in [0.29, 0.717) is 16.4 Å². The SMILES string of the molecule is O=c1c(NS(=O)(=O)c2cccc(F)c2)ccc2n1C[C@@H]1C[C@@H]2CN(S(=O)(=O)c2cccs2)C1. The summed E-state index contributed by atoms with van der Waals surface area (Å²) in [5, 5.41) is 1.72. The van der Waals surface area contributed by atoms with Crippen molar-refractivity contribution in [2.45, 2.75) is 28.0 Å². The van der Waals surface area contributed by atoms with Crippen LogP contribution in [0.5, 0.6) is 0 Å². The maximum absolute atomic E-state index is 13.5. The van der Waals surface area contributed by atoms with Gasteiger partial charge in [-0.25, -0.2) is 21.2 Å². The second kappa shape index (κ2) is 8.05. The zero-order chi connectivity index (χ0) is 23.4. The molecule has 0 unspecified atom stereocenters. The van der Waals surface area contributed by atoms with Gasteiger partial charge >= 0.3 is 0 Å². The molecular formula is C21H20FN3O5S3. The van der Waals surface area contributed by atoms with Gasteiger partial charge in [-0.1, -0.05) is 12.1 Å². The fourth-order valence-corrected chi connectivity index (χ4v) is 8.35. The molecule has 8 nitrogen and oxygen atoms in total. The first-order valence-corrected chi connectivity index (χ1v) is 14.0. The molecule has 0 saturated carbocycles. The molecule has 0 spiro atoms. The van der Waals surface area contributed by atoms with E-state index in [1.54, 1.807) is 23.6 Å². The number of aromatic nitrogens is 1. The summed E-state index contributed by atoms with van der Waals surface area (Å²) in [5.74, 6) is -0.942. The summed E-state index contributed by atoms with van der Waals surface area (Å²) >= 11 is 1.17. The van der Waals surface area contributed by atoms with E-state index in [1.807, 2.05) is 0 Å². The van der Waals surface area contributed by atoms with Gasteiger partial charge in [0.05, 0.1) is 4.90 Å². The second-order valence-electron chi connectivity index (χ2n) is 8.20. The van der Waals surface area contributed by atoms with E-state index in [4.69, 9.17) is 0 Å². The zero-order valence-electron chi connectivity index (χ0n) is 17.2. The van der Waals surface area contributed by atoms with Gasteiger partial charge in [0.25, 0.3) is 25.6 Å². The quantitative estimate of drug-likeness (QED) is 0.569. The maximum atomic E-state index is 13.5. The molecule has 174 valence electrons. The predicted octanol–water partition coefficient (Wildman–Crippen LogP) is 2.66. The van der Waals surface area contributed by atoms with Crippen LogP contribution in [0.25, 0.3) is 0 Å². The van der Waals surface area contributed by atoms with Gasteiger partial charge in [0.1, 0.15) is 15.7 Å². The van der Waals surface area contributed by atoms with Gasteiger partial charge < -0.3 is 4.57 Å². The second-order valence-corrected chi connectivity index (χ2v) is 13.0. The number of nitrogens with zero attached hydrogens (tertiary/aromatic N) is 2. The topological polar surface area (TPSA) is 106 Å². The van der Waals surface area contributed by atoms with Crippen LogP contribution in [0.15, 0.2) is 67.8 Å². The number of nitrogens with one attached hydrogen (secondary N) is 1. The van der Waals surface area contributed by atoms with Crippen molar-refractivity contribution in [3.05, 3.63) is 75.8 Å². The van der Waals surface area contributed by atoms with E-state index in [9.17, 15) is 26.0 Å². The van der Waals surface area contributed by atoms with Gasteiger partial charge in [0.15, 0.2) is 0 Å². The smallest absolute Gasteiger partial charge is 0.275 e. The Morgan fingerprint density at radius 1 is 1.00 bits per heavy atom. The Labute approximate surface area is 194 Å². The number of hydrogen-bond donors (Lipinski definition) is 1. The number of rotatable bonds is 5. The van der Waals surface area contributed by atoms with E-state index < -0.39 is 31.4 Å². The molecule has 1 N–H and O–H groups in total. The minimum absolute atomic E-state index is 0.0706. The number of halogens is 1. The standard InChI is InChI=1S/C21H20FN3O5S3/c22-16-3-1-4-17(10-16)32(27,28)23-18-6-7-19-15-9-14(12-25(19)21(18)26)11-24(13-15)33(29,30)20-5-2-8-31-20/h1-8,10,14-15,23H,9,11-13H2/t14-,15-/m1/s1. The number of anilines is 1. The average Bonchev–Trinajstić information content (AvgIpc) is 3.32. The molecule has 33 heavy (non-hydrogen) atoms. The lowest BCUT2D eigenvalue weighted by atomic mass is 9.84. The molecule has 2 atom stereocenters. The molecule has 2 aromatic heterocycles. The Bertz CT molecular complexity index is 1480. The summed E-state index contributed by atoms with van der Waals surface area (Å²) in [5.41, 5.74) is 0.0406. The Morgan fingerprint density at radius 3 is 2.55 bits per heavy atom. The average molecular weight is 510 g/mol. The Balaban J connectivity index is 1.44. The molecule has 1 aromatic carbocycles. The first kappa shape index (κ1) is 22.3. The van der Waals surface area contributed by atoms with Crippen molar-refractivity contribution in [2.75, 3.05) is 17.8 Å². The third-order valence-corrected chi connectivity index (χ3v) is 10.6. The van der Waals surface area contributed by atoms with Gasteiger partial charge in [-0.05, 0) is 54.1 Å². The van der Waals surface area contributed by atoms with Crippen molar-refractivity contribution in [1.82, 2.24) is 8.87 Å². The van der Waals surface area contributed by atoms with Gasteiger partial charge in [0, 0.05) is 31.2 Å². The van der Waals surface area contributed by atoms with Crippen LogP contribution in [0.4, 0.5) is 10.1 Å². The minimum atomic E-state index is -4.15.